The Balaban J connectivity index is 0.000000311. The quantitative estimate of drug-likeness (QED) is 0.111. The van der Waals surface area contributed by atoms with Gasteiger partial charge in [0.1, 0.15) is 40.7 Å². The Morgan fingerprint density at radius 3 is 1.36 bits per heavy atom. The predicted molar refractivity (Wildman–Crippen MR) is 160 cm³/mol. The fourth-order valence-corrected chi connectivity index (χ4v) is 4.83. The Kier molecular flexibility index (Phi) is 14.3. The first-order chi connectivity index (χ1) is 26.6. The molecule has 23 heteroatoms. The highest BCUT2D eigenvalue weighted by Gasteiger charge is 2.45. The van der Waals surface area contributed by atoms with E-state index >= 15 is 0 Å². The molecule has 4 rings (SSSR count). The first-order valence-electron chi connectivity index (χ1n) is 15.1. The van der Waals surface area contributed by atoms with E-state index in [4.69, 9.17) is 0 Å². The normalized spacial score (nSPS) is 13.3. The molecule has 58 heavy (non-hydrogen) atoms. The van der Waals surface area contributed by atoms with Gasteiger partial charge in [0.2, 0.25) is 0 Å². The second-order valence-electron chi connectivity index (χ2n) is 11.4. The molecule has 0 saturated heterocycles. The van der Waals surface area contributed by atoms with Gasteiger partial charge in [-0.05, 0) is 70.8 Å². The van der Waals surface area contributed by atoms with Crippen LogP contribution in [0.15, 0.2) is 72.8 Å². The van der Waals surface area contributed by atoms with Crippen LogP contribution in [0, 0.1) is 34.6 Å². The molecule has 4 aromatic carbocycles. The van der Waals surface area contributed by atoms with Gasteiger partial charge in [-0.3, -0.25) is 4.79 Å². The maximum absolute atomic E-state index is 13.9. The van der Waals surface area contributed by atoms with Crippen LogP contribution in [0.1, 0.15) is 45.2 Å². The number of halogens is 18. The molecule has 0 aliphatic heterocycles. The third kappa shape index (κ3) is 11.6. The molecular weight excluding hydrogens is 840 g/mol. The topological polar surface area (TPSA) is 68.5 Å². The minimum Gasteiger partial charge on any atom is -0.468 e. The summed E-state index contributed by atoms with van der Waals surface area (Å²) in [5.41, 5.74) is -5.39. The Morgan fingerprint density at radius 2 is 0.966 bits per heavy atom. The lowest BCUT2D eigenvalue weighted by molar-refractivity contribution is -0.253. The first kappa shape index (κ1) is 46.6. The van der Waals surface area contributed by atoms with Gasteiger partial charge in [-0.15, -0.1) is 0 Å². The molecule has 0 aromatic heterocycles. The maximum Gasteiger partial charge on any atom is 0.461 e. The molecule has 0 heterocycles. The van der Waals surface area contributed by atoms with E-state index in [2.05, 4.69) is 14.2 Å². The summed E-state index contributed by atoms with van der Waals surface area (Å²) in [7, 11) is 0.838. The van der Waals surface area contributed by atoms with Crippen LogP contribution in [0.2, 0.25) is 0 Å². The zero-order chi connectivity index (χ0) is 44.1. The summed E-state index contributed by atoms with van der Waals surface area (Å²) >= 11 is 0. The van der Waals surface area contributed by atoms with Crippen molar-refractivity contribution in [2.24, 2.45) is 0 Å². The SMILES string of the molecule is COC(=O)C(c1cc(F)cc(OC(F)(F)C(F)F)c1)c1ccc(F)c(C(F)(F)F)c1.N#CC(c1cc(F)cc(OC(F)(F)C(F)F)c1)c1ccc(F)c(C(F)(F)F)c1. The van der Waals surface area contributed by atoms with Gasteiger partial charge in [0, 0.05) is 12.1 Å². The average Bonchev–Trinajstić information content (AvgIpc) is 3.08. The van der Waals surface area contributed by atoms with Crippen LogP contribution >= 0.6 is 0 Å². The summed E-state index contributed by atoms with van der Waals surface area (Å²) < 4.78 is 245. The van der Waals surface area contributed by atoms with Crippen molar-refractivity contribution in [2.45, 2.75) is 49.3 Å². The van der Waals surface area contributed by atoms with E-state index in [0.717, 1.165) is 19.2 Å². The molecule has 0 radical (unpaired) electrons. The number of carbonyl (C=O) groups excluding carboxylic acids is 1. The number of carbonyl (C=O) groups is 1. The molecule has 314 valence electrons. The third-order valence-corrected chi connectivity index (χ3v) is 7.29. The largest absolute Gasteiger partial charge is 0.468 e. The van der Waals surface area contributed by atoms with Crippen molar-refractivity contribution in [3.8, 4) is 17.6 Å². The van der Waals surface area contributed by atoms with Gasteiger partial charge in [0.05, 0.1) is 30.2 Å². The zero-order valence-electron chi connectivity index (χ0n) is 28.1. The van der Waals surface area contributed by atoms with Crippen LogP contribution in [0.5, 0.6) is 11.5 Å². The van der Waals surface area contributed by atoms with Crippen LogP contribution in [0.25, 0.3) is 0 Å². The summed E-state index contributed by atoms with van der Waals surface area (Å²) in [6, 6.07) is 7.50. The minimum atomic E-state index is -5.14. The molecule has 0 spiro atoms. The van der Waals surface area contributed by atoms with E-state index in [1.807, 2.05) is 0 Å². The van der Waals surface area contributed by atoms with Crippen molar-refractivity contribution in [3.63, 3.8) is 0 Å². The fraction of sp³-hybridized carbons (Fsp3) is 0.257. The Bertz CT molecular complexity index is 2130. The highest BCUT2D eigenvalue weighted by molar-refractivity contribution is 5.82. The smallest absolute Gasteiger partial charge is 0.461 e. The first-order valence-corrected chi connectivity index (χ1v) is 15.1. The molecule has 0 bridgehead atoms. The lowest BCUT2D eigenvalue weighted by Crippen LogP contribution is -2.33. The molecule has 4 aromatic rings. The van der Waals surface area contributed by atoms with E-state index in [9.17, 15) is 89.1 Å². The number of rotatable bonds is 11. The molecule has 2 unspecified atom stereocenters. The lowest BCUT2D eigenvalue weighted by atomic mass is 9.90. The van der Waals surface area contributed by atoms with Crippen molar-refractivity contribution in [2.75, 3.05) is 7.11 Å². The van der Waals surface area contributed by atoms with Gasteiger partial charge < -0.3 is 14.2 Å². The molecule has 2 atom stereocenters. The number of benzene rings is 4. The molecule has 5 nitrogen and oxygen atoms in total. The molecule has 0 N–H and O–H groups in total. The molecule has 0 fully saturated rings. The van der Waals surface area contributed by atoms with Gasteiger partial charge in [-0.2, -0.15) is 66.7 Å². The highest BCUT2D eigenvalue weighted by Crippen LogP contribution is 2.39. The summed E-state index contributed by atoms with van der Waals surface area (Å²) in [6.07, 6.45) is -28.7. The van der Waals surface area contributed by atoms with Gasteiger partial charge >= 0.3 is 43.4 Å². The fourth-order valence-electron chi connectivity index (χ4n) is 4.83. The van der Waals surface area contributed by atoms with E-state index in [1.165, 1.54) is 6.07 Å². The summed E-state index contributed by atoms with van der Waals surface area (Å²) in [5, 5.41) is 9.24. The van der Waals surface area contributed by atoms with E-state index < -0.39 is 123 Å². The van der Waals surface area contributed by atoms with Gasteiger partial charge in [-0.1, -0.05) is 12.1 Å². The van der Waals surface area contributed by atoms with Crippen molar-refractivity contribution >= 4 is 5.97 Å². The Hall–Kier alpha value is -5.82. The number of esters is 1. The molecule has 0 aliphatic rings. The van der Waals surface area contributed by atoms with E-state index in [0.29, 0.717) is 54.6 Å². The van der Waals surface area contributed by atoms with Crippen molar-refractivity contribution in [1.82, 2.24) is 0 Å². The van der Waals surface area contributed by atoms with Gasteiger partial charge in [-0.25, -0.2) is 17.6 Å². The van der Waals surface area contributed by atoms with Crippen LogP contribution < -0.4 is 9.47 Å². The van der Waals surface area contributed by atoms with Crippen molar-refractivity contribution < 1.29 is 98.0 Å². The number of methoxy groups -OCH3 is 1. The van der Waals surface area contributed by atoms with E-state index in [1.54, 1.807) is 0 Å². The zero-order valence-corrected chi connectivity index (χ0v) is 28.1. The number of alkyl halides is 14. The maximum atomic E-state index is 13.9. The number of hydrogen-bond acceptors (Lipinski definition) is 5. The minimum absolute atomic E-state index is 0.260. The van der Waals surface area contributed by atoms with Crippen LogP contribution in [-0.2, 0) is 21.9 Å². The van der Waals surface area contributed by atoms with Crippen LogP contribution in [0.3, 0.4) is 0 Å². The number of hydrogen-bond donors (Lipinski definition) is 0. The van der Waals surface area contributed by atoms with Crippen molar-refractivity contribution in [3.05, 3.63) is 129 Å². The Morgan fingerprint density at radius 1 is 0.569 bits per heavy atom. The summed E-state index contributed by atoms with van der Waals surface area (Å²) in [5.74, 6) is -12.8. The van der Waals surface area contributed by atoms with Gasteiger partial charge in [0.15, 0.2) is 0 Å². The number of nitrogens with zero attached hydrogens (tertiary/aromatic N) is 1. The second-order valence-corrected chi connectivity index (χ2v) is 11.4. The lowest BCUT2D eigenvalue weighted by Gasteiger charge is -2.20. The standard InChI is InChI=1S/C18H11F9O3.C17H8F9NO/c1-29-15(28)14(8-2-3-13(20)12(6-8)17(23,24)25)9-4-10(19)7-11(5-9)30-18(26,27)16(21)22;18-10-3-9(4-11(6-10)28-17(25,26)15(20)21)12(7-27)8-1-2-14(19)13(5-8)16(22,23)24/h2-7,14,16H,1H3;1-6,12,15H. The second kappa shape index (κ2) is 17.8. The van der Waals surface area contributed by atoms with Crippen LogP contribution in [0.4, 0.5) is 79.0 Å². The van der Waals surface area contributed by atoms with Gasteiger partial charge in [0.25, 0.3) is 0 Å². The highest BCUT2D eigenvalue weighted by atomic mass is 19.4. The average molecular weight is 860 g/mol. The third-order valence-electron chi connectivity index (χ3n) is 7.29. The Labute approximate surface area is 312 Å². The predicted octanol–water partition coefficient (Wildman–Crippen LogP) is 11.4. The molecule has 0 aliphatic carbocycles. The summed E-state index contributed by atoms with van der Waals surface area (Å²) in [6.45, 7) is 0. The number of nitriles is 1. The van der Waals surface area contributed by atoms with E-state index in [-0.39, 0.29) is 6.07 Å². The molecule has 0 saturated carbocycles. The number of ether oxygens (including phenoxy) is 3. The molecule has 0 amide bonds. The van der Waals surface area contributed by atoms with Crippen molar-refractivity contribution in [1.29, 1.82) is 5.26 Å². The monoisotopic (exact) mass is 859 g/mol. The van der Waals surface area contributed by atoms with Crippen LogP contribution in [-0.4, -0.2) is 38.1 Å². The molecular formula is C35H19F18NO4. The summed E-state index contributed by atoms with van der Waals surface area (Å²) in [4.78, 5) is 12.1.